The van der Waals surface area contributed by atoms with E-state index in [-0.39, 0.29) is 5.97 Å². The van der Waals surface area contributed by atoms with Crippen LogP contribution in [0.15, 0.2) is 30.3 Å². The number of benzene rings is 1. The predicted molar refractivity (Wildman–Crippen MR) is 75.0 cm³/mol. The van der Waals surface area contributed by atoms with E-state index in [1.165, 1.54) is 0 Å². The average molecular weight is 266 g/mol. The lowest BCUT2D eigenvalue weighted by molar-refractivity contribution is -0.870. The zero-order valence-electron chi connectivity index (χ0n) is 12.5. The molecule has 0 atom stereocenters. The summed E-state index contributed by atoms with van der Waals surface area (Å²) < 4.78 is 11.7. The van der Waals surface area contributed by atoms with Crippen molar-refractivity contribution in [3.63, 3.8) is 0 Å². The third-order valence-corrected chi connectivity index (χ3v) is 2.60. The molecule has 0 bridgehead atoms. The van der Waals surface area contributed by atoms with Gasteiger partial charge in [-0.25, -0.2) is 4.79 Å². The molecule has 0 aliphatic heterocycles. The Morgan fingerprint density at radius 1 is 1.16 bits per heavy atom. The van der Waals surface area contributed by atoms with Crippen molar-refractivity contribution in [2.24, 2.45) is 0 Å². The van der Waals surface area contributed by atoms with Crippen LogP contribution in [0.1, 0.15) is 13.8 Å². The van der Waals surface area contributed by atoms with Crippen LogP contribution in [-0.4, -0.2) is 50.3 Å². The third kappa shape index (κ3) is 5.75. The van der Waals surface area contributed by atoms with Gasteiger partial charge in [0.2, 0.25) is 0 Å². The van der Waals surface area contributed by atoms with Crippen molar-refractivity contribution in [2.75, 3.05) is 34.3 Å². The summed E-state index contributed by atoms with van der Waals surface area (Å²) >= 11 is 0. The standard InChI is InChI=1S/C15H24NO3/c1-15(2,19-13-9-7-6-8-10-13)14(17)18-12-11-16(3,4)5/h6-10H,11-12H2,1-5H3/q+1. The van der Waals surface area contributed by atoms with E-state index in [1.807, 2.05) is 30.3 Å². The zero-order chi connectivity index (χ0) is 14.5. The molecule has 19 heavy (non-hydrogen) atoms. The molecule has 0 spiro atoms. The molecule has 0 saturated heterocycles. The SMILES string of the molecule is CC(C)(Oc1ccccc1)C(=O)OCC[N+](C)(C)C. The monoisotopic (exact) mass is 266 g/mol. The third-order valence-electron chi connectivity index (χ3n) is 2.60. The van der Waals surface area contributed by atoms with Gasteiger partial charge in [-0.15, -0.1) is 0 Å². The molecule has 0 unspecified atom stereocenters. The van der Waals surface area contributed by atoms with E-state index in [0.717, 1.165) is 11.0 Å². The highest BCUT2D eigenvalue weighted by molar-refractivity contribution is 5.79. The summed E-state index contributed by atoms with van der Waals surface area (Å²) in [5.41, 5.74) is -0.980. The van der Waals surface area contributed by atoms with Crippen molar-refractivity contribution < 1.29 is 18.8 Å². The van der Waals surface area contributed by atoms with Gasteiger partial charge in [0.1, 0.15) is 18.9 Å². The van der Waals surface area contributed by atoms with Crippen molar-refractivity contribution in [1.82, 2.24) is 0 Å². The van der Waals surface area contributed by atoms with E-state index >= 15 is 0 Å². The van der Waals surface area contributed by atoms with E-state index < -0.39 is 5.60 Å². The Labute approximate surface area is 115 Å². The summed E-state index contributed by atoms with van der Waals surface area (Å²) in [6.45, 7) is 4.60. The smallest absolute Gasteiger partial charge is 0.350 e. The highest BCUT2D eigenvalue weighted by Gasteiger charge is 2.32. The average Bonchev–Trinajstić information content (AvgIpc) is 2.27. The van der Waals surface area contributed by atoms with Crippen LogP contribution in [0.3, 0.4) is 0 Å². The first kappa shape index (κ1) is 15.5. The van der Waals surface area contributed by atoms with Crippen LogP contribution in [0.5, 0.6) is 5.75 Å². The van der Waals surface area contributed by atoms with Gasteiger partial charge in [0.15, 0.2) is 5.60 Å². The fourth-order valence-corrected chi connectivity index (χ4v) is 1.41. The van der Waals surface area contributed by atoms with Crippen LogP contribution in [0, 0.1) is 0 Å². The number of para-hydroxylation sites is 1. The molecule has 106 valence electrons. The number of carbonyl (C=O) groups is 1. The highest BCUT2D eigenvalue weighted by Crippen LogP contribution is 2.18. The van der Waals surface area contributed by atoms with Crippen LogP contribution in [0.2, 0.25) is 0 Å². The molecule has 1 aromatic rings. The Kier molecular flexibility index (Phi) is 4.95. The van der Waals surface area contributed by atoms with Crippen molar-refractivity contribution >= 4 is 5.97 Å². The number of nitrogens with zero attached hydrogens (tertiary/aromatic N) is 1. The molecule has 0 aromatic heterocycles. The largest absolute Gasteiger partial charge is 0.476 e. The molecule has 0 radical (unpaired) electrons. The number of esters is 1. The molecule has 0 saturated carbocycles. The molecular weight excluding hydrogens is 242 g/mol. The lowest BCUT2D eigenvalue weighted by Gasteiger charge is -2.26. The quantitative estimate of drug-likeness (QED) is 0.584. The Morgan fingerprint density at radius 3 is 2.26 bits per heavy atom. The number of likely N-dealkylation sites (N-methyl/N-ethyl adjacent to an activating group) is 1. The first-order chi connectivity index (χ1) is 8.71. The highest BCUT2D eigenvalue weighted by atomic mass is 16.6. The normalized spacial score (nSPS) is 12.1. The molecule has 0 aliphatic rings. The first-order valence-electron chi connectivity index (χ1n) is 6.42. The van der Waals surface area contributed by atoms with Crippen LogP contribution in [0.25, 0.3) is 0 Å². The molecule has 0 amide bonds. The molecule has 0 heterocycles. The second-order valence-electron chi connectivity index (χ2n) is 6.08. The number of ether oxygens (including phenoxy) is 2. The second-order valence-corrected chi connectivity index (χ2v) is 6.08. The van der Waals surface area contributed by atoms with Gasteiger partial charge < -0.3 is 14.0 Å². The maximum absolute atomic E-state index is 12.0. The second kappa shape index (κ2) is 6.06. The van der Waals surface area contributed by atoms with Crippen molar-refractivity contribution in [3.05, 3.63) is 30.3 Å². The molecular formula is C15H24NO3+. The Hall–Kier alpha value is -1.55. The molecule has 4 heteroatoms. The van der Waals surface area contributed by atoms with E-state index in [0.29, 0.717) is 12.4 Å². The summed E-state index contributed by atoms with van der Waals surface area (Å²) in [5, 5.41) is 0. The number of hydrogen-bond acceptors (Lipinski definition) is 3. The fourth-order valence-electron chi connectivity index (χ4n) is 1.41. The number of rotatable bonds is 6. The van der Waals surface area contributed by atoms with Crippen LogP contribution >= 0.6 is 0 Å². The van der Waals surface area contributed by atoms with Gasteiger partial charge in [-0.1, -0.05) is 18.2 Å². The minimum atomic E-state index is -0.980. The van der Waals surface area contributed by atoms with Gasteiger partial charge >= 0.3 is 5.97 Å². The zero-order valence-corrected chi connectivity index (χ0v) is 12.5. The van der Waals surface area contributed by atoms with Crippen molar-refractivity contribution in [2.45, 2.75) is 19.4 Å². The van der Waals surface area contributed by atoms with E-state index in [9.17, 15) is 4.79 Å². The molecule has 0 N–H and O–H groups in total. The minimum absolute atomic E-state index is 0.343. The van der Waals surface area contributed by atoms with Crippen LogP contribution < -0.4 is 4.74 Å². The van der Waals surface area contributed by atoms with Crippen molar-refractivity contribution in [1.29, 1.82) is 0 Å². The topological polar surface area (TPSA) is 35.5 Å². The molecule has 1 aromatic carbocycles. The van der Waals surface area contributed by atoms with Gasteiger partial charge in [0, 0.05) is 0 Å². The van der Waals surface area contributed by atoms with E-state index in [1.54, 1.807) is 13.8 Å². The van der Waals surface area contributed by atoms with Gasteiger partial charge in [-0.3, -0.25) is 0 Å². The van der Waals surface area contributed by atoms with Crippen LogP contribution in [-0.2, 0) is 9.53 Å². The lowest BCUT2D eigenvalue weighted by atomic mass is 10.1. The summed E-state index contributed by atoms with van der Waals surface area (Å²) in [6, 6.07) is 9.28. The van der Waals surface area contributed by atoms with Gasteiger partial charge in [-0.2, -0.15) is 0 Å². The minimum Gasteiger partial charge on any atom is -0.476 e. The maximum atomic E-state index is 12.0. The number of hydrogen-bond donors (Lipinski definition) is 0. The summed E-state index contributed by atoms with van der Waals surface area (Å²) in [7, 11) is 6.17. The molecule has 0 aliphatic carbocycles. The van der Waals surface area contributed by atoms with Gasteiger partial charge in [0.05, 0.1) is 21.1 Å². The van der Waals surface area contributed by atoms with E-state index in [2.05, 4.69) is 21.1 Å². The van der Waals surface area contributed by atoms with E-state index in [4.69, 9.17) is 9.47 Å². The van der Waals surface area contributed by atoms with Crippen molar-refractivity contribution in [3.8, 4) is 5.75 Å². The predicted octanol–water partition coefficient (Wildman–Crippen LogP) is 2.09. The fraction of sp³-hybridized carbons (Fsp3) is 0.533. The Balaban J connectivity index is 2.50. The molecule has 0 fully saturated rings. The first-order valence-corrected chi connectivity index (χ1v) is 6.42. The molecule has 1 rings (SSSR count). The van der Waals surface area contributed by atoms with Crippen LogP contribution in [0.4, 0.5) is 0 Å². The lowest BCUT2D eigenvalue weighted by Crippen LogP contribution is -2.43. The molecule has 4 nitrogen and oxygen atoms in total. The number of quaternary nitrogens is 1. The van der Waals surface area contributed by atoms with Gasteiger partial charge in [0.25, 0.3) is 0 Å². The maximum Gasteiger partial charge on any atom is 0.350 e. The van der Waals surface area contributed by atoms with Gasteiger partial charge in [-0.05, 0) is 26.0 Å². The summed E-state index contributed by atoms with van der Waals surface area (Å²) in [5.74, 6) is 0.320. The number of carbonyl (C=O) groups excluding carboxylic acids is 1. The Morgan fingerprint density at radius 2 is 1.74 bits per heavy atom. The summed E-state index contributed by atoms with van der Waals surface area (Å²) in [6.07, 6.45) is 0. The summed E-state index contributed by atoms with van der Waals surface area (Å²) in [4.78, 5) is 12.0. The Bertz CT molecular complexity index is 407.